The van der Waals surface area contributed by atoms with E-state index in [2.05, 4.69) is 26.1 Å². The molecular weight excluding hydrogens is 314 g/mol. The van der Waals surface area contributed by atoms with E-state index >= 15 is 0 Å². The smallest absolute Gasteiger partial charge is 0.261 e. The fourth-order valence-corrected chi connectivity index (χ4v) is 4.19. The monoisotopic (exact) mass is 339 g/mol. The highest BCUT2D eigenvalue weighted by Crippen LogP contribution is 2.24. The lowest BCUT2D eigenvalue weighted by atomic mass is 9.87. The van der Waals surface area contributed by atoms with Gasteiger partial charge in [-0.25, -0.2) is 8.42 Å². The summed E-state index contributed by atoms with van der Waals surface area (Å²) in [6.45, 7) is 8.06. The van der Waals surface area contributed by atoms with Crippen LogP contribution in [0.25, 0.3) is 0 Å². The third-order valence-corrected chi connectivity index (χ3v) is 5.75. The topological polar surface area (TPSA) is 72.5 Å². The Morgan fingerprint density at radius 2 is 1.87 bits per heavy atom. The summed E-state index contributed by atoms with van der Waals surface area (Å²) in [7, 11) is -3.00. The van der Waals surface area contributed by atoms with Crippen molar-refractivity contribution in [2.24, 2.45) is 0 Å². The van der Waals surface area contributed by atoms with Crippen molar-refractivity contribution in [2.45, 2.75) is 51.7 Å². The average molecular weight is 339 g/mol. The summed E-state index contributed by atoms with van der Waals surface area (Å²) in [5, 5.41) is 2.75. The SMILES string of the molecule is C[C@H](Oc1ccc(C(C)(C)C)cc1)C(=O)N[C@@H]1CCS(=O)(=O)C1. The van der Waals surface area contributed by atoms with Crippen LogP contribution in [0.4, 0.5) is 0 Å². The Morgan fingerprint density at radius 3 is 2.35 bits per heavy atom. The van der Waals surface area contributed by atoms with E-state index in [1.54, 1.807) is 6.92 Å². The number of rotatable bonds is 4. The van der Waals surface area contributed by atoms with E-state index in [0.717, 1.165) is 0 Å². The Hall–Kier alpha value is -1.56. The summed E-state index contributed by atoms with van der Waals surface area (Å²) in [6, 6.07) is 7.38. The Bertz CT molecular complexity index is 659. The van der Waals surface area contributed by atoms with Crippen LogP contribution >= 0.6 is 0 Å². The minimum atomic E-state index is -3.00. The van der Waals surface area contributed by atoms with Gasteiger partial charge >= 0.3 is 0 Å². The summed E-state index contributed by atoms with van der Waals surface area (Å²) in [5.41, 5.74) is 1.26. The van der Waals surface area contributed by atoms with Crippen LogP contribution < -0.4 is 10.1 Å². The lowest BCUT2D eigenvalue weighted by Crippen LogP contribution is -2.43. The molecule has 128 valence electrons. The van der Waals surface area contributed by atoms with Crippen molar-refractivity contribution < 1.29 is 17.9 Å². The van der Waals surface area contributed by atoms with E-state index < -0.39 is 15.9 Å². The highest BCUT2D eigenvalue weighted by atomic mass is 32.2. The molecule has 1 aliphatic heterocycles. The van der Waals surface area contributed by atoms with Crippen molar-refractivity contribution in [3.05, 3.63) is 29.8 Å². The summed E-state index contributed by atoms with van der Waals surface area (Å²) in [6.07, 6.45) is -0.194. The molecule has 1 fully saturated rings. The van der Waals surface area contributed by atoms with Gasteiger partial charge < -0.3 is 10.1 Å². The van der Waals surface area contributed by atoms with Gasteiger partial charge in [-0.2, -0.15) is 0 Å². The maximum atomic E-state index is 12.1. The van der Waals surface area contributed by atoms with E-state index in [1.807, 2.05) is 24.3 Å². The highest BCUT2D eigenvalue weighted by molar-refractivity contribution is 7.91. The van der Waals surface area contributed by atoms with Crippen LogP contribution in [-0.4, -0.2) is 38.0 Å². The standard InChI is InChI=1S/C17H25NO4S/c1-12(16(19)18-14-9-10-23(20,21)11-14)22-15-7-5-13(6-8-15)17(2,3)4/h5-8,12,14H,9-11H2,1-4H3,(H,18,19)/t12-,14+/m0/s1. The molecule has 1 N–H and O–H groups in total. The molecule has 0 aromatic heterocycles. The van der Waals surface area contributed by atoms with E-state index in [-0.39, 0.29) is 28.9 Å². The van der Waals surface area contributed by atoms with Crippen LogP contribution in [0.1, 0.15) is 39.7 Å². The zero-order valence-electron chi connectivity index (χ0n) is 14.1. The molecule has 23 heavy (non-hydrogen) atoms. The lowest BCUT2D eigenvalue weighted by Gasteiger charge is -2.20. The molecule has 2 atom stereocenters. The van der Waals surface area contributed by atoms with Crippen molar-refractivity contribution in [1.29, 1.82) is 0 Å². The predicted molar refractivity (Wildman–Crippen MR) is 90.4 cm³/mol. The average Bonchev–Trinajstić information content (AvgIpc) is 2.77. The van der Waals surface area contributed by atoms with Crippen LogP contribution in [0.2, 0.25) is 0 Å². The lowest BCUT2D eigenvalue weighted by molar-refractivity contribution is -0.127. The first-order valence-electron chi connectivity index (χ1n) is 7.85. The zero-order valence-corrected chi connectivity index (χ0v) is 14.9. The van der Waals surface area contributed by atoms with Gasteiger partial charge in [0, 0.05) is 6.04 Å². The first-order valence-corrected chi connectivity index (χ1v) is 9.67. The van der Waals surface area contributed by atoms with Crippen molar-refractivity contribution in [1.82, 2.24) is 5.32 Å². The number of sulfone groups is 1. The third-order valence-electron chi connectivity index (χ3n) is 3.98. The van der Waals surface area contributed by atoms with Gasteiger partial charge in [0.25, 0.3) is 5.91 Å². The van der Waals surface area contributed by atoms with Gasteiger partial charge in [-0.05, 0) is 36.5 Å². The fraction of sp³-hybridized carbons (Fsp3) is 0.588. The van der Waals surface area contributed by atoms with E-state index in [9.17, 15) is 13.2 Å². The summed E-state index contributed by atoms with van der Waals surface area (Å²) in [4.78, 5) is 12.1. The van der Waals surface area contributed by atoms with Crippen LogP contribution in [0, 0.1) is 0 Å². The van der Waals surface area contributed by atoms with Gasteiger partial charge in [0.2, 0.25) is 0 Å². The highest BCUT2D eigenvalue weighted by Gasteiger charge is 2.30. The van der Waals surface area contributed by atoms with Crippen molar-refractivity contribution in [3.8, 4) is 5.75 Å². The minimum absolute atomic E-state index is 0.0196. The summed E-state index contributed by atoms with van der Waals surface area (Å²) >= 11 is 0. The van der Waals surface area contributed by atoms with Gasteiger partial charge in [-0.15, -0.1) is 0 Å². The second-order valence-corrected chi connectivity index (χ2v) is 9.37. The normalized spacial score (nSPS) is 21.7. The molecule has 1 saturated heterocycles. The van der Waals surface area contributed by atoms with Gasteiger partial charge in [-0.3, -0.25) is 4.79 Å². The van der Waals surface area contributed by atoms with Crippen LogP contribution in [0.15, 0.2) is 24.3 Å². The molecule has 2 rings (SSSR count). The zero-order chi connectivity index (χ0) is 17.3. The largest absolute Gasteiger partial charge is 0.481 e. The van der Waals surface area contributed by atoms with Crippen molar-refractivity contribution in [2.75, 3.05) is 11.5 Å². The number of amides is 1. The van der Waals surface area contributed by atoms with Crippen LogP contribution in [0.5, 0.6) is 5.75 Å². The number of ether oxygens (including phenoxy) is 1. The second-order valence-electron chi connectivity index (χ2n) is 7.14. The Morgan fingerprint density at radius 1 is 1.26 bits per heavy atom. The van der Waals surface area contributed by atoms with Gasteiger partial charge in [0.05, 0.1) is 11.5 Å². The van der Waals surface area contributed by atoms with Crippen molar-refractivity contribution >= 4 is 15.7 Å². The van der Waals surface area contributed by atoms with E-state index in [1.165, 1.54) is 5.56 Å². The number of carbonyl (C=O) groups excluding carboxylic acids is 1. The molecule has 0 spiro atoms. The maximum Gasteiger partial charge on any atom is 0.261 e. The molecule has 6 heteroatoms. The predicted octanol–water partition coefficient (Wildman–Crippen LogP) is 2.05. The first kappa shape index (κ1) is 17.8. The molecule has 0 bridgehead atoms. The van der Waals surface area contributed by atoms with E-state index in [4.69, 9.17) is 4.74 Å². The number of carbonyl (C=O) groups is 1. The third kappa shape index (κ3) is 4.96. The molecule has 1 aliphatic rings. The first-order chi connectivity index (χ1) is 10.6. The number of hydrogen-bond donors (Lipinski definition) is 1. The van der Waals surface area contributed by atoms with E-state index in [0.29, 0.717) is 12.2 Å². The Balaban J connectivity index is 1.91. The van der Waals surface area contributed by atoms with Crippen molar-refractivity contribution in [3.63, 3.8) is 0 Å². The molecule has 0 aliphatic carbocycles. The summed E-state index contributed by atoms with van der Waals surface area (Å²) < 4.78 is 28.5. The molecular formula is C17H25NO4S. The molecule has 1 amide bonds. The van der Waals surface area contributed by atoms with Gasteiger partial charge in [0.15, 0.2) is 15.9 Å². The minimum Gasteiger partial charge on any atom is -0.481 e. The molecule has 1 heterocycles. The maximum absolute atomic E-state index is 12.1. The molecule has 1 aromatic carbocycles. The fourth-order valence-electron chi connectivity index (χ4n) is 2.52. The second kappa shape index (κ2) is 6.51. The van der Waals surface area contributed by atoms with Crippen LogP contribution in [0.3, 0.4) is 0 Å². The van der Waals surface area contributed by atoms with Gasteiger partial charge in [0.1, 0.15) is 5.75 Å². The summed E-state index contributed by atoms with van der Waals surface area (Å²) in [5.74, 6) is 0.499. The molecule has 5 nitrogen and oxygen atoms in total. The number of benzene rings is 1. The molecule has 0 unspecified atom stereocenters. The number of hydrogen-bond acceptors (Lipinski definition) is 4. The Kier molecular flexibility index (Phi) is 5.04. The number of nitrogens with one attached hydrogen (secondary N) is 1. The van der Waals surface area contributed by atoms with Crippen LogP contribution in [-0.2, 0) is 20.0 Å². The Labute approximate surface area is 138 Å². The molecule has 0 radical (unpaired) electrons. The quantitative estimate of drug-likeness (QED) is 0.911. The molecule has 1 aromatic rings. The molecule has 0 saturated carbocycles. The van der Waals surface area contributed by atoms with Gasteiger partial charge in [-0.1, -0.05) is 32.9 Å².